The lowest BCUT2D eigenvalue weighted by Gasteiger charge is -2.24. The monoisotopic (exact) mass is 396 g/mol. The normalized spacial score (nSPS) is 13.0. The molecule has 154 valence electrons. The van der Waals surface area contributed by atoms with Crippen LogP contribution in [0.4, 0.5) is 11.4 Å². The predicted molar refractivity (Wildman–Crippen MR) is 114 cm³/mol. The highest BCUT2D eigenvalue weighted by molar-refractivity contribution is 5.95. The van der Waals surface area contributed by atoms with Crippen molar-refractivity contribution in [2.75, 3.05) is 30.0 Å². The van der Waals surface area contributed by atoms with E-state index in [0.29, 0.717) is 36.9 Å². The molecule has 1 aliphatic rings. The van der Waals surface area contributed by atoms with Crippen molar-refractivity contribution in [2.45, 2.75) is 39.5 Å². The van der Waals surface area contributed by atoms with Crippen LogP contribution in [0, 0.1) is 0 Å². The number of rotatable bonds is 5. The number of ether oxygens (including phenoxy) is 2. The first-order valence-corrected chi connectivity index (χ1v) is 9.82. The van der Waals surface area contributed by atoms with Crippen molar-refractivity contribution in [1.82, 2.24) is 0 Å². The molecule has 0 radical (unpaired) electrons. The van der Waals surface area contributed by atoms with Crippen molar-refractivity contribution in [1.29, 1.82) is 0 Å². The fourth-order valence-electron chi connectivity index (χ4n) is 3.17. The van der Waals surface area contributed by atoms with Gasteiger partial charge in [0.05, 0.1) is 0 Å². The van der Waals surface area contributed by atoms with Gasteiger partial charge in [-0.2, -0.15) is 0 Å². The number of hydrogen-bond acceptors (Lipinski definition) is 4. The number of anilines is 2. The quantitative estimate of drug-likeness (QED) is 0.825. The summed E-state index contributed by atoms with van der Waals surface area (Å²) in [6.45, 7) is 9.27. The van der Waals surface area contributed by atoms with E-state index in [1.165, 1.54) is 12.5 Å². The minimum absolute atomic E-state index is 0.0447. The molecule has 2 aromatic rings. The zero-order valence-corrected chi connectivity index (χ0v) is 17.5. The first-order chi connectivity index (χ1) is 13.7. The van der Waals surface area contributed by atoms with Gasteiger partial charge in [-0.25, -0.2) is 0 Å². The third-order valence-electron chi connectivity index (χ3n) is 4.81. The van der Waals surface area contributed by atoms with Gasteiger partial charge in [-0.1, -0.05) is 32.9 Å². The van der Waals surface area contributed by atoms with Gasteiger partial charge < -0.3 is 19.7 Å². The molecule has 0 saturated carbocycles. The highest BCUT2D eigenvalue weighted by Crippen LogP contribution is 2.32. The number of nitrogens with zero attached hydrogens (tertiary/aromatic N) is 1. The van der Waals surface area contributed by atoms with Crippen LogP contribution in [0.3, 0.4) is 0 Å². The van der Waals surface area contributed by atoms with Gasteiger partial charge in [0.25, 0.3) is 0 Å². The second-order valence-corrected chi connectivity index (χ2v) is 8.12. The molecule has 3 rings (SSSR count). The van der Waals surface area contributed by atoms with Crippen LogP contribution in [0.2, 0.25) is 0 Å². The van der Waals surface area contributed by atoms with Crippen LogP contribution >= 0.6 is 0 Å². The van der Waals surface area contributed by atoms with Gasteiger partial charge in [0.1, 0.15) is 13.2 Å². The number of amides is 2. The molecule has 0 aromatic heterocycles. The molecule has 6 nitrogen and oxygen atoms in total. The van der Waals surface area contributed by atoms with Crippen LogP contribution in [-0.2, 0) is 15.0 Å². The standard InChI is InChI=1S/C23H28N2O4/c1-16(26)25(19-8-5-17(6-9-19)23(2,3)4)12-11-22(27)24-18-7-10-20-21(15-18)29-14-13-28-20/h5-10,15H,11-14H2,1-4H3,(H,24,27). The lowest BCUT2D eigenvalue weighted by atomic mass is 9.87. The van der Waals surface area contributed by atoms with Crippen molar-refractivity contribution in [3.05, 3.63) is 48.0 Å². The van der Waals surface area contributed by atoms with Crippen LogP contribution in [0.5, 0.6) is 11.5 Å². The summed E-state index contributed by atoms with van der Waals surface area (Å²) in [5.74, 6) is 1.04. The second-order valence-electron chi connectivity index (χ2n) is 8.12. The molecule has 2 amide bonds. The van der Waals surface area contributed by atoms with Crippen molar-refractivity contribution in [3.8, 4) is 11.5 Å². The van der Waals surface area contributed by atoms with Crippen molar-refractivity contribution >= 4 is 23.2 Å². The summed E-state index contributed by atoms with van der Waals surface area (Å²) in [5, 5.41) is 2.85. The summed E-state index contributed by atoms with van der Waals surface area (Å²) >= 11 is 0. The van der Waals surface area contributed by atoms with Gasteiger partial charge >= 0.3 is 0 Å². The van der Waals surface area contributed by atoms with E-state index >= 15 is 0 Å². The summed E-state index contributed by atoms with van der Waals surface area (Å²) in [5.41, 5.74) is 2.67. The Morgan fingerprint density at radius 1 is 1.00 bits per heavy atom. The first kappa shape index (κ1) is 20.7. The lowest BCUT2D eigenvalue weighted by Crippen LogP contribution is -2.32. The highest BCUT2D eigenvalue weighted by atomic mass is 16.6. The molecule has 0 fully saturated rings. The van der Waals surface area contributed by atoms with Gasteiger partial charge in [0.15, 0.2) is 11.5 Å². The van der Waals surface area contributed by atoms with E-state index in [2.05, 4.69) is 26.1 Å². The van der Waals surface area contributed by atoms with Gasteiger partial charge in [-0.05, 0) is 35.2 Å². The Morgan fingerprint density at radius 3 is 2.28 bits per heavy atom. The van der Waals surface area contributed by atoms with E-state index in [-0.39, 0.29) is 23.7 Å². The molecule has 1 aliphatic heterocycles. The van der Waals surface area contributed by atoms with Crippen LogP contribution in [-0.4, -0.2) is 31.6 Å². The zero-order valence-electron chi connectivity index (χ0n) is 17.5. The van der Waals surface area contributed by atoms with Crippen LogP contribution in [0.25, 0.3) is 0 Å². The third kappa shape index (κ3) is 5.28. The maximum Gasteiger partial charge on any atom is 0.226 e. The summed E-state index contributed by atoms with van der Waals surface area (Å²) < 4.78 is 11.0. The van der Waals surface area contributed by atoms with Gasteiger partial charge in [0, 0.05) is 37.3 Å². The molecule has 1 N–H and O–H groups in total. The molecule has 2 aromatic carbocycles. The van der Waals surface area contributed by atoms with E-state index < -0.39 is 0 Å². The Balaban J connectivity index is 1.61. The van der Waals surface area contributed by atoms with Crippen molar-refractivity contribution in [3.63, 3.8) is 0 Å². The van der Waals surface area contributed by atoms with Gasteiger partial charge in [0.2, 0.25) is 11.8 Å². The Kier molecular flexibility index (Phi) is 6.11. The molecule has 1 heterocycles. The fourth-order valence-corrected chi connectivity index (χ4v) is 3.17. The topological polar surface area (TPSA) is 67.9 Å². The molecule has 0 spiro atoms. The minimum Gasteiger partial charge on any atom is -0.486 e. The minimum atomic E-state index is -0.167. The van der Waals surface area contributed by atoms with E-state index in [9.17, 15) is 9.59 Å². The molecule has 0 saturated heterocycles. The van der Waals surface area contributed by atoms with Crippen molar-refractivity contribution in [2.24, 2.45) is 0 Å². The van der Waals surface area contributed by atoms with Crippen molar-refractivity contribution < 1.29 is 19.1 Å². The van der Waals surface area contributed by atoms with E-state index in [0.717, 1.165) is 5.69 Å². The Labute approximate surface area is 171 Å². The van der Waals surface area contributed by atoms with E-state index in [4.69, 9.17) is 9.47 Å². The van der Waals surface area contributed by atoms with Gasteiger partial charge in [-0.15, -0.1) is 0 Å². The summed E-state index contributed by atoms with van der Waals surface area (Å²) in [6.07, 6.45) is 0.190. The SMILES string of the molecule is CC(=O)N(CCC(=O)Nc1ccc2c(c1)OCCO2)c1ccc(C(C)(C)C)cc1. The van der Waals surface area contributed by atoms with Gasteiger partial charge in [-0.3, -0.25) is 9.59 Å². The summed E-state index contributed by atoms with van der Waals surface area (Å²) in [7, 11) is 0. The number of hydrogen-bond donors (Lipinski definition) is 1. The molecule has 0 atom stereocenters. The smallest absolute Gasteiger partial charge is 0.226 e. The molecule has 0 unspecified atom stereocenters. The molecule has 6 heteroatoms. The van der Waals surface area contributed by atoms with E-state index in [1.54, 1.807) is 23.1 Å². The van der Waals surface area contributed by atoms with Crippen LogP contribution in [0.1, 0.15) is 39.7 Å². The maximum atomic E-state index is 12.4. The third-order valence-corrected chi connectivity index (χ3v) is 4.81. The molecular weight excluding hydrogens is 368 g/mol. The summed E-state index contributed by atoms with van der Waals surface area (Å²) in [4.78, 5) is 26.1. The van der Waals surface area contributed by atoms with Crippen LogP contribution < -0.4 is 19.7 Å². The number of fused-ring (bicyclic) bond motifs is 1. The number of carbonyl (C=O) groups excluding carboxylic acids is 2. The Bertz CT molecular complexity index is 885. The summed E-state index contributed by atoms with van der Waals surface area (Å²) in [6, 6.07) is 13.2. The number of benzene rings is 2. The molecular formula is C23H28N2O4. The predicted octanol–water partition coefficient (Wildman–Crippen LogP) is 4.14. The van der Waals surface area contributed by atoms with E-state index in [1.807, 2.05) is 24.3 Å². The number of carbonyl (C=O) groups is 2. The molecule has 0 aliphatic carbocycles. The van der Waals surface area contributed by atoms with Crippen LogP contribution in [0.15, 0.2) is 42.5 Å². The average molecular weight is 396 g/mol. The fraction of sp³-hybridized carbons (Fsp3) is 0.391. The molecule has 29 heavy (non-hydrogen) atoms. The largest absolute Gasteiger partial charge is 0.486 e. The highest BCUT2D eigenvalue weighted by Gasteiger charge is 2.17. The number of nitrogens with one attached hydrogen (secondary N) is 1. The Hall–Kier alpha value is -3.02. The Morgan fingerprint density at radius 2 is 1.66 bits per heavy atom. The molecule has 0 bridgehead atoms. The average Bonchev–Trinajstić information content (AvgIpc) is 2.67. The zero-order chi connectivity index (χ0) is 21.0. The first-order valence-electron chi connectivity index (χ1n) is 9.82. The maximum absolute atomic E-state index is 12.4. The second kappa shape index (κ2) is 8.55. The lowest BCUT2D eigenvalue weighted by molar-refractivity contribution is -0.117.